The first-order valence-corrected chi connectivity index (χ1v) is 8.84. The van der Waals surface area contributed by atoms with Crippen molar-refractivity contribution in [2.75, 3.05) is 6.54 Å². The highest BCUT2D eigenvalue weighted by molar-refractivity contribution is 5.85. The van der Waals surface area contributed by atoms with Crippen LogP contribution in [0.4, 0.5) is 4.79 Å². The third kappa shape index (κ3) is 8.11. The van der Waals surface area contributed by atoms with Gasteiger partial charge < -0.3 is 20.1 Å². The fourth-order valence-electron chi connectivity index (χ4n) is 2.41. The lowest BCUT2D eigenvalue weighted by Gasteiger charge is -2.29. The van der Waals surface area contributed by atoms with Crippen molar-refractivity contribution < 1.29 is 24.2 Å². The molecule has 1 aromatic carbocycles. The SMILES string of the molecule is CC(C)(C)OC(=O)NCc1ccccc1CN(CC(=O)O)C(=O)C(C)(C)C. The fraction of sp³-hybridized carbons (Fsp3) is 0.550. The number of alkyl carbamates (subject to hydrolysis) is 1. The smallest absolute Gasteiger partial charge is 0.407 e. The Balaban J connectivity index is 2.94. The number of nitrogens with zero attached hydrogens (tertiary/aromatic N) is 1. The minimum absolute atomic E-state index is 0.147. The monoisotopic (exact) mass is 378 g/mol. The molecule has 0 atom stereocenters. The van der Waals surface area contributed by atoms with Gasteiger partial charge >= 0.3 is 12.1 Å². The molecule has 2 amide bonds. The molecule has 0 fully saturated rings. The maximum Gasteiger partial charge on any atom is 0.407 e. The third-order valence-corrected chi connectivity index (χ3v) is 3.56. The third-order valence-electron chi connectivity index (χ3n) is 3.56. The first-order valence-electron chi connectivity index (χ1n) is 8.84. The van der Waals surface area contributed by atoms with E-state index in [1.54, 1.807) is 41.5 Å². The van der Waals surface area contributed by atoms with Crippen LogP contribution in [-0.4, -0.2) is 40.1 Å². The molecule has 27 heavy (non-hydrogen) atoms. The van der Waals surface area contributed by atoms with E-state index < -0.39 is 23.1 Å². The molecule has 0 radical (unpaired) electrons. The van der Waals surface area contributed by atoms with E-state index in [0.717, 1.165) is 11.1 Å². The minimum atomic E-state index is -1.07. The first-order chi connectivity index (χ1) is 12.3. The van der Waals surface area contributed by atoms with E-state index in [4.69, 9.17) is 9.84 Å². The number of benzene rings is 1. The van der Waals surface area contributed by atoms with Crippen LogP contribution in [-0.2, 0) is 27.4 Å². The van der Waals surface area contributed by atoms with Gasteiger partial charge in [-0.05, 0) is 31.9 Å². The summed E-state index contributed by atoms with van der Waals surface area (Å²) in [5.74, 6) is -1.32. The number of carboxylic acids is 1. The Hall–Kier alpha value is -2.57. The van der Waals surface area contributed by atoms with Gasteiger partial charge in [-0.25, -0.2) is 4.79 Å². The topological polar surface area (TPSA) is 95.9 Å². The lowest BCUT2D eigenvalue weighted by atomic mass is 9.94. The Morgan fingerprint density at radius 1 is 1.04 bits per heavy atom. The van der Waals surface area contributed by atoms with E-state index >= 15 is 0 Å². The largest absolute Gasteiger partial charge is 0.480 e. The van der Waals surface area contributed by atoms with Crippen molar-refractivity contribution in [2.45, 2.75) is 60.2 Å². The molecular formula is C20H30N2O5. The minimum Gasteiger partial charge on any atom is -0.480 e. The van der Waals surface area contributed by atoms with Crippen molar-refractivity contribution in [3.8, 4) is 0 Å². The van der Waals surface area contributed by atoms with Gasteiger partial charge in [0.2, 0.25) is 5.91 Å². The highest BCUT2D eigenvalue weighted by Gasteiger charge is 2.29. The zero-order valence-corrected chi connectivity index (χ0v) is 17.0. The maximum atomic E-state index is 12.6. The van der Waals surface area contributed by atoms with Gasteiger partial charge in [-0.3, -0.25) is 9.59 Å². The summed E-state index contributed by atoms with van der Waals surface area (Å²) < 4.78 is 5.22. The van der Waals surface area contributed by atoms with Crippen LogP contribution >= 0.6 is 0 Å². The molecule has 0 saturated heterocycles. The van der Waals surface area contributed by atoms with Crippen molar-refractivity contribution in [1.29, 1.82) is 0 Å². The Morgan fingerprint density at radius 2 is 1.59 bits per heavy atom. The molecule has 0 unspecified atom stereocenters. The number of aliphatic carboxylic acids is 1. The number of amides is 2. The Bertz CT molecular complexity index is 686. The number of nitrogens with one attached hydrogen (secondary N) is 1. The summed E-state index contributed by atoms with van der Waals surface area (Å²) in [7, 11) is 0. The molecule has 150 valence electrons. The molecule has 2 N–H and O–H groups in total. The van der Waals surface area contributed by atoms with Gasteiger partial charge in [-0.15, -0.1) is 0 Å². The highest BCUT2D eigenvalue weighted by atomic mass is 16.6. The summed E-state index contributed by atoms with van der Waals surface area (Å²) >= 11 is 0. The second-order valence-corrected chi connectivity index (χ2v) is 8.43. The van der Waals surface area contributed by atoms with Gasteiger partial charge in [0.1, 0.15) is 12.1 Å². The number of hydrogen-bond acceptors (Lipinski definition) is 4. The van der Waals surface area contributed by atoms with Gasteiger partial charge in [0.05, 0.1) is 0 Å². The lowest BCUT2D eigenvalue weighted by Crippen LogP contribution is -2.42. The lowest BCUT2D eigenvalue weighted by molar-refractivity contribution is -0.148. The number of hydrogen-bond donors (Lipinski definition) is 2. The van der Waals surface area contributed by atoms with Gasteiger partial charge in [-0.1, -0.05) is 45.0 Å². The predicted octanol–water partition coefficient (Wildman–Crippen LogP) is 3.17. The fourth-order valence-corrected chi connectivity index (χ4v) is 2.41. The van der Waals surface area contributed by atoms with Gasteiger partial charge in [0.15, 0.2) is 0 Å². The number of rotatable bonds is 6. The van der Waals surface area contributed by atoms with Crippen LogP contribution in [0.1, 0.15) is 52.7 Å². The molecule has 0 spiro atoms. The van der Waals surface area contributed by atoms with Gasteiger partial charge in [-0.2, -0.15) is 0 Å². The molecule has 0 aromatic heterocycles. The summed E-state index contributed by atoms with van der Waals surface area (Å²) in [6.07, 6.45) is -0.537. The van der Waals surface area contributed by atoms with Crippen LogP contribution in [0.5, 0.6) is 0 Å². The summed E-state index contributed by atoms with van der Waals surface area (Å²) in [6, 6.07) is 7.28. The first kappa shape index (κ1) is 22.5. The molecule has 7 nitrogen and oxygen atoms in total. The van der Waals surface area contributed by atoms with E-state index in [1.165, 1.54) is 4.90 Å². The van der Waals surface area contributed by atoms with Crippen molar-refractivity contribution in [1.82, 2.24) is 10.2 Å². The van der Waals surface area contributed by atoms with Crippen molar-refractivity contribution in [2.24, 2.45) is 5.41 Å². The van der Waals surface area contributed by atoms with Crippen LogP contribution in [0, 0.1) is 5.41 Å². The number of carbonyl (C=O) groups is 3. The quantitative estimate of drug-likeness (QED) is 0.793. The predicted molar refractivity (Wildman–Crippen MR) is 102 cm³/mol. The van der Waals surface area contributed by atoms with Gasteiger partial charge in [0.25, 0.3) is 0 Å². The summed E-state index contributed by atoms with van der Waals surface area (Å²) in [5, 5.41) is 11.9. The number of ether oxygens (including phenoxy) is 1. The molecule has 0 aliphatic heterocycles. The molecular weight excluding hydrogens is 348 g/mol. The molecule has 0 bridgehead atoms. The van der Waals surface area contributed by atoms with Crippen LogP contribution in [0.15, 0.2) is 24.3 Å². The van der Waals surface area contributed by atoms with Crippen LogP contribution < -0.4 is 5.32 Å². The molecule has 1 aromatic rings. The summed E-state index contributed by atoms with van der Waals surface area (Å²) in [4.78, 5) is 37.0. The highest BCUT2D eigenvalue weighted by Crippen LogP contribution is 2.20. The molecule has 0 aliphatic carbocycles. The van der Waals surface area contributed by atoms with Crippen LogP contribution in [0.25, 0.3) is 0 Å². The van der Waals surface area contributed by atoms with Crippen LogP contribution in [0.2, 0.25) is 0 Å². The van der Waals surface area contributed by atoms with E-state index in [9.17, 15) is 14.4 Å². The summed E-state index contributed by atoms with van der Waals surface area (Å²) in [5.41, 5.74) is 0.271. The standard InChI is InChI=1S/C20H30N2O5/c1-19(2,3)17(25)22(13-16(23)24)12-15-10-8-7-9-14(15)11-21-18(26)27-20(4,5)6/h7-10H,11-13H2,1-6H3,(H,21,26)(H,23,24). The average molecular weight is 378 g/mol. The van der Waals surface area contributed by atoms with E-state index in [2.05, 4.69) is 5.32 Å². The molecule has 7 heteroatoms. The Labute approximate surface area is 160 Å². The van der Waals surface area contributed by atoms with Gasteiger partial charge in [0, 0.05) is 18.5 Å². The van der Waals surface area contributed by atoms with E-state index in [0.29, 0.717) is 0 Å². The number of carbonyl (C=O) groups excluding carboxylic acids is 2. The normalized spacial score (nSPS) is 11.6. The van der Waals surface area contributed by atoms with Crippen molar-refractivity contribution in [3.05, 3.63) is 35.4 Å². The zero-order valence-electron chi connectivity index (χ0n) is 17.0. The second-order valence-electron chi connectivity index (χ2n) is 8.43. The Morgan fingerprint density at radius 3 is 2.07 bits per heavy atom. The van der Waals surface area contributed by atoms with Crippen molar-refractivity contribution in [3.63, 3.8) is 0 Å². The molecule has 0 aliphatic rings. The van der Waals surface area contributed by atoms with Crippen molar-refractivity contribution >= 4 is 18.0 Å². The Kier molecular flexibility index (Phi) is 7.39. The van der Waals surface area contributed by atoms with E-state index in [-0.39, 0.29) is 25.5 Å². The molecule has 0 saturated carbocycles. The van der Waals surface area contributed by atoms with E-state index in [1.807, 2.05) is 24.3 Å². The zero-order chi connectivity index (χ0) is 20.8. The second kappa shape index (κ2) is 8.88. The van der Waals surface area contributed by atoms with Crippen LogP contribution in [0.3, 0.4) is 0 Å². The molecule has 1 rings (SSSR count). The molecule has 0 heterocycles. The number of carboxylic acid groups (broad SMARTS) is 1. The maximum absolute atomic E-state index is 12.6. The average Bonchev–Trinajstić information content (AvgIpc) is 2.49. The summed E-state index contributed by atoms with van der Waals surface area (Å²) in [6.45, 7) is 10.6.